The molecule has 0 aliphatic heterocycles. The summed E-state index contributed by atoms with van der Waals surface area (Å²) in [7, 11) is 1.29. The molecule has 7 nitrogen and oxygen atoms in total. The summed E-state index contributed by atoms with van der Waals surface area (Å²) in [6.07, 6.45) is 4.25. The topological polar surface area (TPSA) is 107 Å². The molecule has 1 heterocycles. The zero-order valence-electron chi connectivity index (χ0n) is 11.4. The fraction of sp³-hybridized carbons (Fsp3) is 0.143. The van der Waals surface area contributed by atoms with Crippen LogP contribution in [-0.4, -0.2) is 29.0 Å². The first-order valence-electron chi connectivity index (χ1n) is 6.13. The van der Waals surface area contributed by atoms with Crippen LogP contribution in [0.25, 0.3) is 0 Å². The van der Waals surface area contributed by atoms with Gasteiger partial charge >= 0.3 is 5.97 Å². The summed E-state index contributed by atoms with van der Waals surface area (Å²) in [5.74, 6) is -0.923. The van der Waals surface area contributed by atoms with Crippen LogP contribution in [0.5, 0.6) is 0 Å². The molecule has 0 spiro atoms. The number of hydrogen-bond donors (Lipinski definition) is 2. The van der Waals surface area contributed by atoms with Gasteiger partial charge in [-0.25, -0.2) is 9.78 Å². The molecule has 0 fully saturated rings. The number of nitrogens with one attached hydrogen (secondary N) is 1. The lowest BCUT2D eigenvalue weighted by atomic mass is 10.1. The van der Waals surface area contributed by atoms with Crippen molar-refractivity contribution in [3.8, 4) is 0 Å². The fourth-order valence-electron chi connectivity index (χ4n) is 1.73. The van der Waals surface area contributed by atoms with Crippen LogP contribution in [0, 0.1) is 0 Å². The molecule has 1 aromatic heterocycles. The SMILES string of the molecule is COC(=O)c1cc(CN)cc(NC(=O)c2cnccn2)c1. The molecule has 2 rings (SSSR count). The molecular formula is C14H14N4O3. The Labute approximate surface area is 121 Å². The summed E-state index contributed by atoms with van der Waals surface area (Å²) in [5.41, 5.74) is 7.21. The van der Waals surface area contributed by atoms with Crippen LogP contribution >= 0.6 is 0 Å². The lowest BCUT2D eigenvalue weighted by Gasteiger charge is -2.09. The molecule has 1 aromatic carbocycles. The van der Waals surface area contributed by atoms with Crippen molar-refractivity contribution in [2.24, 2.45) is 5.73 Å². The van der Waals surface area contributed by atoms with Crippen molar-refractivity contribution < 1.29 is 14.3 Å². The van der Waals surface area contributed by atoms with Crippen molar-refractivity contribution in [2.45, 2.75) is 6.54 Å². The molecule has 0 aliphatic rings. The largest absolute Gasteiger partial charge is 0.465 e. The van der Waals surface area contributed by atoms with E-state index in [-0.39, 0.29) is 12.2 Å². The van der Waals surface area contributed by atoms with Crippen LogP contribution in [0.1, 0.15) is 26.4 Å². The molecule has 0 atom stereocenters. The molecule has 3 N–H and O–H groups in total. The number of nitrogens with two attached hydrogens (primary N) is 1. The Hall–Kier alpha value is -2.80. The van der Waals surface area contributed by atoms with Crippen molar-refractivity contribution in [3.63, 3.8) is 0 Å². The van der Waals surface area contributed by atoms with Gasteiger partial charge in [0.25, 0.3) is 5.91 Å². The molecule has 0 saturated heterocycles. The third-order valence-corrected chi connectivity index (χ3v) is 2.70. The van der Waals surface area contributed by atoms with Crippen molar-refractivity contribution in [2.75, 3.05) is 12.4 Å². The monoisotopic (exact) mass is 286 g/mol. The van der Waals surface area contributed by atoms with E-state index in [0.717, 1.165) is 0 Å². The van der Waals surface area contributed by atoms with Gasteiger partial charge in [-0.2, -0.15) is 0 Å². The lowest BCUT2D eigenvalue weighted by molar-refractivity contribution is 0.0600. The maximum Gasteiger partial charge on any atom is 0.337 e. The number of aromatic nitrogens is 2. The summed E-state index contributed by atoms with van der Waals surface area (Å²) >= 11 is 0. The van der Waals surface area contributed by atoms with Gasteiger partial charge in [0.15, 0.2) is 0 Å². The Bertz CT molecular complexity index is 659. The molecule has 108 valence electrons. The van der Waals surface area contributed by atoms with Crippen LogP contribution in [0.3, 0.4) is 0 Å². The number of anilines is 1. The van der Waals surface area contributed by atoms with E-state index in [9.17, 15) is 9.59 Å². The highest BCUT2D eigenvalue weighted by molar-refractivity contribution is 6.03. The summed E-state index contributed by atoms with van der Waals surface area (Å²) in [4.78, 5) is 31.3. The molecule has 1 amide bonds. The molecule has 21 heavy (non-hydrogen) atoms. The van der Waals surface area contributed by atoms with Gasteiger partial charge in [0, 0.05) is 24.6 Å². The maximum atomic E-state index is 12.0. The third kappa shape index (κ3) is 3.61. The Morgan fingerprint density at radius 2 is 2.10 bits per heavy atom. The first kappa shape index (κ1) is 14.6. The van der Waals surface area contributed by atoms with E-state index < -0.39 is 11.9 Å². The van der Waals surface area contributed by atoms with Crippen molar-refractivity contribution in [3.05, 3.63) is 53.6 Å². The summed E-state index contributed by atoms with van der Waals surface area (Å²) < 4.78 is 4.67. The summed E-state index contributed by atoms with van der Waals surface area (Å²) in [5, 5.41) is 2.65. The second-order valence-electron chi connectivity index (χ2n) is 4.16. The number of hydrogen-bond acceptors (Lipinski definition) is 6. The van der Waals surface area contributed by atoms with Crippen LogP contribution in [0.2, 0.25) is 0 Å². The first-order valence-corrected chi connectivity index (χ1v) is 6.13. The van der Waals surface area contributed by atoms with Gasteiger partial charge in [-0.15, -0.1) is 0 Å². The van der Waals surface area contributed by atoms with Gasteiger partial charge in [-0.3, -0.25) is 9.78 Å². The number of methoxy groups -OCH3 is 1. The number of ether oxygens (including phenoxy) is 1. The normalized spacial score (nSPS) is 10.0. The number of amides is 1. The minimum absolute atomic E-state index is 0.176. The van der Waals surface area contributed by atoms with Crippen LogP contribution in [-0.2, 0) is 11.3 Å². The van der Waals surface area contributed by atoms with Crippen molar-refractivity contribution in [1.29, 1.82) is 0 Å². The van der Waals surface area contributed by atoms with Gasteiger partial charge in [-0.05, 0) is 23.8 Å². The van der Waals surface area contributed by atoms with Crippen LogP contribution in [0.4, 0.5) is 5.69 Å². The van der Waals surface area contributed by atoms with Gasteiger partial charge in [-0.1, -0.05) is 0 Å². The first-order chi connectivity index (χ1) is 10.1. The smallest absolute Gasteiger partial charge is 0.337 e. The van der Waals surface area contributed by atoms with E-state index in [0.29, 0.717) is 16.8 Å². The van der Waals surface area contributed by atoms with E-state index in [1.54, 1.807) is 12.1 Å². The van der Waals surface area contributed by atoms with Crippen molar-refractivity contribution >= 4 is 17.6 Å². The number of esters is 1. The van der Waals surface area contributed by atoms with Gasteiger partial charge in [0.1, 0.15) is 5.69 Å². The Kier molecular flexibility index (Phi) is 4.57. The molecule has 0 aliphatic carbocycles. The molecule has 0 unspecified atom stereocenters. The molecule has 7 heteroatoms. The molecule has 0 bridgehead atoms. The maximum absolute atomic E-state index is 12.0. The van der Waals surface area contributed by atoms with E-state index >= 15 is 0 Å². The predicted molar refractivity (Wildman–Crippen MR) is 75.7 cm³/mol. The van der Waals surface area contributed by atoms with Gasteiger partial charge in [0.2, 0.25) is 0 Å². The van der Waals surface area contributed by atoms with E-state index in [4.69, 9.17) is 5.73 Å². The second-order valence-corrected chi connectivity index (χ2v) is 4.16. The molecule has 0 radical (unpaired) electrons. The van der Waals surface area contributed by atoms with Crippen LogP contribution in [0.15, 0.2) is 36.8 Å². The highest BCUT2D eigenvalue weighted by atomic mass is 16.5. The highest BCUT2D eigenvalue weighted by Crippen LogP contribution is 2.16. The van der Waals surface area contributed by atoms with Gasteiger partial charge < -0.3 is 15.8 Å². The molecule has 2 aromatic rings. The van der Waals surface area contributed by atoms with E-state index in [2.05, 4.69) is 20.0 Å². The average molecular weight is 286 g/mol. The molecular weight excluding hydrogens is 272 g/mol. The van der Waals surface area contributed by atoms with E-state index in [1.165, 1.54) is 31.8 Å². The lowest BCUT2D eigenvalue weighted by Crippen LogP contribution is -2.15. The number of nitrogens with zero attached hydrogens (tertiary/aromatic N) is 2. The zero-order chi connectivity index (χ0) is 15.2. The summed E-state index contributed by atoms with van der Waals surface area (Å²) in [6, 6.07) is 4.81. The molecule has 0 saturated carbocycles. The van der Waals surface area contributed by atoms with Crippen LogP contribution < -0.4 is 11.1 Å². The van der Waals surface area contributed by atoms with Gasteiger partial charge in [0.05, 0.1) is 18.9 Å². The third-order valence-electron chi connectivity index (χ3n) is 2.70. The average Bonchev–Trinajstić information content (AvgIpc) is 2.54. The minimum Gasteiger partial charge on any atom is -0.465 e. The predicted octanol–water partition coefficient (Wildman–Crippen LogP) is 0.974. The number of benzene rings is 1. The highest BCUT2D eigenvalue weighted by Gasteiger charge is 2.12. The Morgan fingerprint density at radius 1 is 1.29 bits per heavy atom. The number of rotatable bonds is 4. The minimum atomic E-state index is -0.500. The second kappa shape index (κ2) is 6.58. The number of carbonyl (C=O) groups is 2. The van der Waals surface area contributed by atoms with E-state index in [1.807, 2.05) is 0 Å². The Morgan fingerprint density at radius 3 is 2.71 bits per heavy atom. The fourth-order valence-corrected chi connectivity index (χ4v) is 1.73. The number of carbonyl (C=O) groups excluding carboxylic acids is 2. The quantitative estimate of drug-likeness (QED) is 0.811. The zero-order valence-corrected chi connectivity index (χ0v) is 11.4. The Balaban J connectivity index is 2.27. The summed E-state index contributed by atoms with van der Waals surface area (Å²) in [6.45, 7) is 0.235. The standard InChI is InChI=1S/C14H14N4O3/c1-21-14(20)10-4-9(7-15)5-11(6-10)18-13(19)12-8-16-2-3-17-12/h2-6,8H,7,15H2,1H3,(H,18,19). The van der Waals surface area contributed by atoms with Crippen molar-refractivity contribution in [1.82, 2.24) is 9.97 Å².